The smallest absolute Gasteiger partial charge is 0.287 e. The number of carbonyl (C=O) groups excluding carboxylic acids is 1. The van der Waals surface area contributed by atoms with E-state index in [0.717, 1.165) is 18.5 Å². The second kappa shape index (κ2) is 5.08. The van der Waals surface area contributed by atoms with E-state index >= 15 is 0 Å². The number of rotatable bonds is 2. The van der Waals surface area contributed by atoms with Crippen molar-refractivity contribution in [2.24, 2.45) is 0 Å². The van der Waals surface area contributed by atoms with Gasteiger partial charge in [0.15, 0.2) is 0 Å². The molecule has 7 heteroatoms. The monoisotopic (exact) mass is 330 g/mol. The van der Waals surface area contributed by atoms with Gasteiger partial charge in [-0.3, -0.25) is 14.8 Å². The first-order valence-corrected chi connectivity index (χ1v) is 5.86. The lowest BCUT2D eigenvalue weighted by Gasteiger charge is -2.10. The van der Waals surface area contributed by atoms with Crippen LogP contribution in [0.25, 0.3) is 0 Å². The molecule has 0 bridgehead atoms. The topological polar surface area (TPSA) is 42.9 Å². The fourth-order valence-corrected chi connectivity index (χ4v) is 1.71. The largest absolute Gasteiger partial charge is 0.417 e. The summed E-state index contributed by atoms with van der Waals surface area (Å²) in [5, 5.41) is 0. The van der Waals surface area contributed by atoms with Gasteiger partial charge in [-0.15, -0.1) is 0 Å². The van der Waals surface area contributed by atoms with E-state index in [4.69, 9.17) is 0 Å². The Labute approximate surface area is 114 Å². The number of carbonyl (C=O) groups is 1. The molecule has 0 unspecified atom stereocenters. The van der Waals surface area contributed by atoms with Crippen LogP contribution in [0.5, 0.6) is 0 Å². The molecule has 0 spiro atoms. The van der Waals surface area contributed by atoms with Crippen LogP contribution in [0, 0.1) is 0 Å². The van der Waals surface area contributed by atoms with E-state index in [1.54, 1.807) is 0 Å². The van der Waals surface area contributed by atoms with Gasteiger partial charge in [-0.1, -0.05) is 0 Å². The number of hydrogen-bond acceptors (Lipinski definition) is 3. The Bertz CT molecular complexity index is 611. The molecule has 19 heavy (non-hydrogen) atoms. The SMILES string of the molecule is O=C(c1ccc(Br)cn1)c1cnccc1C(F)(F)F. The summed E-state index contributed by atoms with van der Waals surface area (Å²) in [5.74, 6) is -0.812. The summed E-state index contributed by atoms with van der Waals surface area (Å²) in [6.45, 7) is 0. The first-order valence-electron chi connectivity index (χ1n) is 5.07. The molecule has 2 heterocycles. The van der Waals surface area contributed by atoms with Gasteiger partial charge in [-0.05, 0) is 34.1 Å². The molecule has 0 saturated heterocycles. The number of hydrogen-bond donors (Lipinski definition) is 0. The van der Waals surface area contributed by atoms with Gasteiger partial charge in [0.2, 0.25) is 5.78 Å². The second-order valence-corrected chi connectivity index (χ2v) is 4.53. The van der Waals surface area contributed by atoms with Crippen LogP contribution in [0.3, 0.4) is 0 Å². The van der Waals surface area contributed by atoms with Crippen LogP contribution < -0.4 is 0 Å². The van der Waals surface area contributed by atoms with Crippen LogP contribution in [0.1, 0.15) is 21.6 Å². The van der Waals surface area contributed by atoms with Crippen molar-refractivity contribution in [2.45, 2.75) is 6.18 Å². The minimum Gasteiger partial charge on any atom is -0.287 e. The van der Waals surface area contributed by atoms with E-state index in [1.807, 2.05) is 0 Å². The van der Waals surface area contributed by atoms with Crippen LogP contribution in [0.15, 0.2) is 41.3 Å². The van der Waals surface area contributed by atoms with E-state index in [-0.39, 0.29) is 5.69 Å². The molecule has 0 N–H and O–H groups in total. The highest BCUT2D eigenvalue weighted by Gasteiger charge is 2.35. The highest BCUT2D eigenvalue weighted by molar-refractivity contribution is 9.10. The van der Waals surface area contributed by atoms with Crippen LogP contribution >= 0.6 is 15.9 Å². The summed E-state index contributed by atoms with van der Waals surface area (Å²) in [7, 11) is 0. The van der Waals surface area contributed by atoms with Crippen molar-refractivity contribution in [2.75, 3.05) is 0 Å². The predicted octanol–water partition coefficient (Wildman–Crippen LogP) is 3.49. The molecule has 2 rings (SSSR count). The van der Waals surface area contributed by atoms with Crippen molar-refractivity contribution in [3.8, 4) is 0 Å². The summed E-state index contributed by atoms with van der Waals surface area (Å²) in [6.07, 6.45) is -1.37. The molecule has 0 aromatic carbocycles. The predicted molar refractivity (Wildman–Crippen MR) is 64.6 cm³/mol. The zero-order chi connectivity index (χ0) is 14.0. The fourth-order valence-electron chi connectivity index (χ4n) is 1.47. The summed E-state index contributed by atoms with van der Waals surface area (Å²) < 4.78 is 39.0. The number of alkyl halides is 3. The van der Waals surface area contributed by atoms with Crippen molar-refractivity contribution in [3.63, 3.8) is 0 Å². The average Bonchev–Trinajstić information content (AvgIpc) is 2.38. The van der Waals surface area contributed by atoms with E-state index in [0.29, 0.717) is 4.47 Å². The van der Waals surface area contributed by atoms with Crippen LogP contribution in [0.2, 0.25) is 0 Å². The van der Waals surface area contributed by atoms with Gasteiger partial charge >= 0.3 is 6.18 Å². The molecule has 0 aliphatic heterocycles. The van der Waals surface area contributed by atoms with Crippen LogP contribution in [0.4, 0.5) is 13.2 Å². The normalized spacial score (nSPS) is 11.4. The summed E-state index contributed by atoms with van der Waals surface area (Å²) in [4.78, 5) is 19.4. The molecule has 2 aromatic heterocycles. The summed E-state index contributed by atoms with van der Waals surface area (Å²) >= 11 is 3.13. The Balaban J connectivity index is 2.48. The Morgan fingerprint density at radius 1 is 1.16 bits per heavy atom. The van der Waals surface area contributed by atoms with E-state index in [9.17, 15) is 18.0 Å². The first kappa shape index (κ1) is 13.7. The summed E-state index contributed by atoms with van der Waals surface area (Å²) in [5.41, 5.74) is -1.59. The number of aromatic nitrogens is 2. The molecule has 0 radical (unpaired) electrons. The lowest BCUT2D eigenvalue weighted by Crippen LogP contribution is -2.15. The third kappa shape index (κ3) is 2.98. The van der Waals surface area contributed by atoms with Gasteiger partial charge in [-0.2, -0.15) is 13.2 Å². The molecule has 2 aromatic rings. The maximum Gasteiger partial charge on any atom is 0.417 e. The van der Waals surface area contributed by atoms with Crippen molar-refractivity contribution in [1.29, 1.82) is 0 Å². The van der Waals surface area contributed by atoms with Gasteiger partial charge in [0, 0.05) is 23.1 Å². The minimum atomic E-state index is -4.61. The standard InChI is InChI=1S/C12H6BrF3N2O/c13-7-1-2-10(18-5-7)11(19)8-6-17-4-3-9(8)12(14,15)16/h1-6H. The number of pyridine rings is 2. The summed E-state index contributed by atoms with van der Waals surface area (Å²) in [6, 6.07) is 3.65. The quantitative estimate of drug-likeness (QED) is 0.791. The molecule has 0 amide bonds. The van der Waals surface area contributed by atoms with E-state index in [2.05, 4.69) is 25.9 Å². The lowest BCUT2D eigenvalue weighted by atomic mass is 10.0. The fraction of sp³-hybridized carbons (Fsp3) is 0.0833. The number of nitrogens with zero attached hydrogens (tertiary/aromatic N) is 2. The molecule has 0 saturated carbocycles. The Kier molecular flexibility index (Phi) is 3.66. The van der Waals surface area contributed by atoms with E-state index in [1.165, 1.54) is 18.3 Å². The number of halogens is 4. The van der Waals surface area contributed by atoms with Crippen LogP contribution in [-0.2, 0) is 6.18 Å². The maximum atomic E-state index is 12.8. The zero-order valence-electron chi connectivity index (χ0n) is 9.28. The minimum absolute atomic E-state index is 0.0679. The Hall–Kier alpha value is -1.76. The van der Waals surface area contributed by atoms with Crippen molar-refractivity contribution in [3.05, 3.63) is 58.1 Å². The van der Waals surface area contributed by atoms with Crippen LogP contribution in [-0.4, -0.2) is 15.8 Å². The molecule has 98 valence electrons. The molecule has 0 aliphatic carbocycles. The molecule has 3 nitrogen and oxygen atoms in total. The average molecular weight is 331 g/mol. The van der Waals surface area contributed by atoms with Gasteiger partial charge in [0.05, 0.1) is 11.1 Å². The Morgan fingerprint density at radius 3 is 2.47 bits per heavy atom. The molecular weight excluding hydrogens is 325 g/mol. The highest BCUT2D eigenvalue weighted by Crippen LogP contribution is 2.32. The third-order valence-corrected chi connectivity index (χ3v) is 2.80. The molecular formula is C12H6BrF3N2O. The number of ketones is 1. The van der Waals surface area contributed by atoms with Gasteiger partial charge < -0.3 is 0 Å². The zero-order valence-corrected chi connectivity index (χ0v) is 10.9. The van der Waals surface area contributed by atoms with Gasteiger partial charge in [-0.25, -0.2) is 0 Å². The third-order valence-electron chi connectivity index (χ3n) is 2.33. The molecule has 0 atom stereocenters. The van der Waals surface area contributed by atoms with Crippen molar-refractivity contribution >= 4 is 21.7 Å². The molecule has 0 aliphatic rings. The van der Waals surface area contributed by atoms with E-state index < -0.39 is 23.1 Å². The lowest BCUT2D eigenvalue weighted by molar-refractivity contribution is -0.137. The Morgan fingerprint density at radius 2 is 1.89 bits per heavy atom. The van der Waals surface area contributed by atoms with Crippen molar-refractivity contribution in [1.82, 2.24) is 9.97 Å². The highest BCUT2D eigenvalue weighted by atomic mass is 79.9. The molecule has 0 fully saturated rings. The first-order chi connectivity index (χ1) is 8.89. The van der Waals surface area contributed by atoms with Crippen molar-refractivity contribution < 1.29 is 18.0 Å². The van der Waals surface area contributed by atoms with Gasteiger partial charge in [0.1, 0.15) is 5.69 Å². The second-order valence-electron chi connectivity index (χ2n) is 3.61. The maximum absolute atomic E-state index is 12.8. The van der Waals surface area contributed by atoms with Gasteiger partial charge in [0.25, 0.3) is 0 Å².